The highest BCUT2D eigenvalue weighted by molar-refractivity contribution is 7.89. The van der Waals surface area contributed by atoms with Crippen LogP contribution < -0.4 is 0 Å². The van der Waals surface area contributed by atoms with E-state index in [9.17, 15) is 13.2 Å². The molecule has 13 heavy (non-hydrogen) atoms. The Hall–Kier alpha value is -1.37. The summed E-state index contributed by atoms with van der Waals surface area (Å²) in [6, 6.07) is 0. The maximum atomic E-state index is 10.7. The highest BCUT2D eigenvalue weighted by Gasteiger charge is 2.14. The minimum Gasteiger partial charge on any atom is -0.474 e. The Morgan fingerprint density at radius 1 is 1.69 bits per heavy atom. The molecule has 0 radical (unpaired) electrons. The number of aromatic nitrogens is 1. The summed E-state index contributed by atoms with van der Waals surface area (Å²) >= 11 is 0. The van der Waals surface area contributed by atoms with Crippen molar-refractivity contribution in [3.8, 4) is 0 Å². The van der Waals surface area contributed by atoms with Gasteiger partial charge in [0.05, 0.1) is 6.20 Å². The molecule has 0 amide bonds. The van der Waals surface area contributed by atoms with E-state index in [1.165, 1.54) is 0 Å². The zero-order chi connectivity index (χ0) is 10.1. The molecule has 0 aliphatic heterocycles. The van der Waals surface area contributed by atoms with Gasteiger partial charge < -0.3 is 9.52 Å². The summed E-state index contributed by atoms with van der Waals surface area (Å²) < 4.78 is 26.1. The molecule has 7 heteroatoms. The molecule has 0 saturated carbocycles. The Kier molecular flexibility index (Phi) is 2.37. The average Bonchev–Trinajstić information content (AvgIpc) is 2.31. The molecule has 1 aromatic rings. The maximum absolute atomic E-state index is 10.7. The zero-order valence-corrected chi connectivity index (χ0v) is 7.54. The molecule has 6 nitrogen and oxygen atoms in total. The van der Waals surface area contributed by atoms with Gasteiger partial charge in [0.15, 0.2) is 9.84 Å². The van der Waals surface area contributed by atoms with Crippen LogP contribution in [-0.4, -0.2) is 30.7 Å². The van der Waals surface area contributed by atoms with E-state index in [4.69, 9.17) is 5.11 Å². The van der Waals surface area contributed by atoms with Gasteiger partial charge in [-0.2, -0.15) is 0 Å². The van der Waals surface area contributed by atoms with Gasteiger partial charge >= 0.3 is 11.9 Å². The van der Waals surface area contributed by atoms with Crippen molar-refractivity contribution in [1.29, 1.82) is 0 Å². The second-order valence-electron chi connectivity index (χ2n) is 2.51. The van der Waals surface area contributed by atoms with Crippen LogP contribution >= 0.6 is 0 Å². The van der Waals surface area contributed by atoms with Crippen LogP contribution in [0.15, 0.2) is 10.6 Å². The Labute approximate surface area is 74.1 Å². The smallest absolute Gasteiger partial charge is 0.392 e. The van der Waals surface area contributed by atoms with E-state index < -0.39 is 21.7 Å². The lowest BCUT2D eigenvalue weighted by atomic mass is 10.6. The first-order valence-electron chi connectivity index (χ1n) is 3.24. The van der Waals surface area contributed by atoms with E-state index in [1.807, 2.05) is 0 Å². The SMILES string of the molecule is CS(=O)(=O)Cc1cnc(C(=O)O)o1. The molecule has 1 N–H and O–H groups in total. The molecular formula is C6H7NO5S. The normalized spacial score (nSPS) is 11.5. The number of carbonyl (C=O) groups is 1. The Balaban J connectivity index is 2.87. The number of sulfone groups is 1. The number of rotatable bonds is 3. The third-order valence-electron chi connectivity index (χ3n) is 1.14. The van der Waals surface area contributed by atoms with E-state index in [2.05, 4.69) is 9.40 Å². The molecule has 0 bridgehead atoms. The molecule has 0 saturated heterocycles. The molecule has 0 unspecified atom stereocenters. The number of nitrogens with zero attached hydrogens (tertiary/aromatic N) is 1. The van der Waals surface area contributed by atoms with Gasteiger partial charge in [-0.1, -0.05) is 0 Å². The van der Waals surface area contributed by atoms with Crippen LogP contribution in [-0.2, 0) is 15.6 Å². The summed E-state index contributed by atoms with van der Waals surface area (Å²) in [6.45, 7) is 0. The van der Waals surface area contributed by atoms with Crippen LogP contribution in [0.4, 0.5) is 0 Å². The summed E-state index contributed by atoms with van der Waals surface area (Å²) in [6.07, 6.45) is 2.11. The predicted molar refractivity (Wildman–Crippen MR) is 42.0 cm³/mol. The molecule has 1 rings (SSSR count). The number of carboxylic acids is 1. The third-order valence-corrected chi connectivity index (χ3v) is 1.95. The number of oxazole rings is 1. The van der Waals surface area contributed by atoms with Gasteiger partial charge in [-0.15, -0.1) is 0 Å². The van der Waals surface area contributed by atoms with Crippen molar-refractivity contribution in [2.24, 2.45) is 0 Å². The molecular weight excluding hydrogens is 198 g/mol. The standard InChI is InChI=1S/C6H7NO5S/c1-13(10,11)3-4-2-7-5(12-4)6(8)9/h2H,3H2,1H3,(H,8,9). The van der Waals surface area contributed by atoms with Gasteiger partial charge in [0.25, 0.3) is 0 Å². The van der Waals surface area contributed by atoms with Crippen LogP contribution in [0.1, 0.15) is 16.4 Å². The van der Waals surface area contributed by atoms with E-state index in [0.29, 0.717) is 0 Å². The van der Waals surface area contributed by atoms with E-state index in [-0.39, 0.29) is 11.5 Å². The van der Waals surface area contributed by atoms with Gasteiger partial charge in [-0.3, -0.25) is 0 Å². The number of hydrogen-bond acceptors (Lipinski definition) is 5. The quantitative estimate of drug-likeness (QED) is 0.741. The third kappa shape index (κ3) is 2.86. The summed E-state index contributed by atoms with van der Waals surface area (Å²) in [5.74, 6) is -2.13. The van der Waals surface area contributed by atoms with E-state index in [0.717, 1.165) is 12.5 Å². The monoisotopic (exact) mass is 205 g/mol. The summed E-state index contributed by atoms with van der Waals surface area (Å²) in [5, 5.41) is 8.39. The topological polar surface area (TPSA) is 97.5 Å². The fraction of sp³-hybridized carbons (Fsp3) is 0.333. The lowest BCUT2D eigenvalue weighted by Gasteiger charge is -1.90. The van der Waals surface area contributed by atoms with Crippen molar-refractivity contribution in [2.75, 3.05) is 6.26 Å². The van der Waals surface area contributed by atoms with Gasteiger partial charge in [-0.25, -0.2) is 18.2 Å². The summed E-state index contributed by atoms with van der Waals surface area (Å²) in [7, 11) is -3.22. The van der Waals surface area contributed by atoms with Crippen LogP contribution in [0.25, 0.3) is 0 Å². The van der Waals surface area contributed by atoms with Gasteiger partial charge in [-0.05, 0) is 0 Å². The predicted octanol–water partition coefficient (Wildman–Crippen LogP) is -0.0826. The Morgan fingerprint density at radius 3 is 2.69 bits per heavy atom. The summed E-state index contributed by atoms with van der Waals surface area (Å²) in [4.78, 5) is 13.6. The highest BCUT2D eigenvalue weighted by Crippen LogP contribution is 2.07. The van der Waals surface area contributed by atoms with Crippen LogP contribution in [0.5, 0.6) is 0 Å². The molecule has 1 aromatic heterocycles. The van der Waals surface area contributed by atoms with Crippen molar-refractivity contribution < 1.29 is 22.7 Å². The molecule has 1 heterocycles. The van der Waals surface area contributed by atoms with Crippen LogP contribution in [0.2, 0.25) is 0 Å². The fourth-order valence-corrected chi connectivity index (χ4v) is 1.38. The summed E-state index contributed by atoms with van der Waals surface area (Å²) in [5.41, 5.74) is 0. The zero-order valence-electron chi connectivity index (χ0n) is 6.72. The molecule has 0 aliphatic carbocycles. The van der Waals surface area contributed by atoms with Gasteiger partial charge in [0.2, 0.25) is 0 Å². The fourth-order valence-electron chi connectivity index (χ4n) is 0.732. The Bertz CT molecular complexity index is 418. The first-order valence-corrected chi connectivity index (χ1v) is 5.30. The number of hydrogen-bond donors (Lipinski definition) is 1. The van der Waals surface area contributed by atoms with Gasteiger partial charge in [0.1, 0.15) is 11.5 Å². The van der Waals surface area contributed by atoms with E-state index in [1.54, 1.807) is 0 Å². The maximum Gasteiger partial charge on any atom is 0.392 e. The molecule has 0 aromatic carbocycles. The number of carboxylic acid groups (broad SMARTS) is 1. The molecule has 0 aliphatic rings. The van der Waals surface area contributed by atoms with Crippen LogP contribution in [0, 0.1) is 0 Å². The van der Waals surface area contributed by atoms with Gasteiger partial charge in [0, 0.05) is 6.26 Å². The minimum absolute atomic E-state index is 0.0277. The van der Waals surface area contributed by atoms with Crippen molar-refractivity contribution in [3.05, 3.63) is 17.8 Å². The van der Waals surface area contributed by atoms with Crippen molar-refractivity contribution in [1.82, 2.24) is 4.98 Å². The van der Waals surface area contributed by atoms with Crippen molar-refractivity contribution >= 4 is 15.8 Å². The second-order valence-corrected chi connectivity index (χ2v) is 4.65. The first-order chi connectivity index (χ1) is 5.88. The molecule has 0 atom stereocenters. The number of aromatic carboxylic acids is 1. The molecule has 72 valence electrons. The van der Waals surface area contributed by atoms with Crippen molar-refractivity contribution in [2.45, 2.75) is 5.75 Å². The van der Waals surface area contributed by atoms with Crippen LogP contribution in [0.3, 0.4) is 0 Å². The second kappa shape index (κ2) is 3.17. The minimum atomic E-state index is -3.22. The lowest BCUT2D eigenvalue weighted by molar-refractivity contribution is 0.0652. The lowest BCUT2D eigenvalue weighted by Crippen LogP contribution is -1.99. The highest BCUT2D eigenvalue weighted by atomic mass is 32.2. The largest absolute Gasteiger partial charge is 0.474 e. The first kappa shape index (κ1) is 9.72. The molecule has 0 fully saturated rings. The van der Waals surface area contributed by atoms with E-state index >= 15 is 0 Å². The average molecular weight is 205 g/mol. The molecule has 0 spiro atoms. The Morgan fingerprint density at radius 2 is 2.31 bits per heavy atom. The van der Waals surface area contributed by atoms with Crippen molar-refractivity contribution in [3.63, 3.8) is 0 Å².